The average molecular weight is 378 g/mol. The summed E-state index contributed by atoms with van der Waals surface area (Å²) in [7, 11) is -2.22. The van der Waals surface area contributed by atoms with Gasteiger partial charge in [0, 0.05) is 6.54 Å². The van der Waals surface area contributed by atoms with Crippen molar-refractivity contribution in [2.75, 3.05) is 20.4 Å². The van der Waals surface area contributed by atoms with E-state index in [0.717, 1.165) is 5.56 Å². The van der Waals surface area contributed by atoms with Gasteiger partial charge in [0.2, 0.25) is 5.96 Å². The summed E-state index contributed by atoms with van der Waals surface area (Å²) in [6, 6.07) is 12.4. The Morgan fingerprint density at radius 1 is 1.27 bits per heavy atom. The van der Waals surface area contributed by atoms with Gasteiger partial charge >= 0.3 is 0 Å². The number of aliphatic imine (C=N–C) groups is 1. The normalized spacial score (nSPS) is 15.1. The van der Waals surface area contributed by atoms with Crippen molar-refractivity contribution in [2.24, 2.45) is 4.99 Å². The molecule has 2 aromatic rings. The molecule has 1 aliphatic rings. The second-order valence-electron chi connectivity index (χ2n) is 5.72. The van der Waals surface area contributed by atoms with E-state index < -0.39 is 10.0 Å². The molecule has 0 fully saturated rings. The van der Waals surface area contributed by atoms with Crippen LogP contribution in [0.1, 0.15) is 5.56 Å². The van der Waals surface area contributed by atoms with Crippen LogP contribution in [0.2, 0.25) is 0 Å². The molecule has 0 saturated carbocycles. The van der Waals surface area contributed by atoms with Crippen molar-refractivity contribution in [1.29, 1.82) is 0 Å². The van der Waals surface area contributed by atoms with Crippen LogP contribution in [-0.2, 0) is 16.6 Å². The highest BCUT2D eigenvalue weighted by Crippen LogP contribution is 2.15. The second kappa shape index (κ2) is 7.71. The predicted octanol–water partition coefficient (Wildman–Crippen LogP) is 1.49. The molecule has 7 nitrogen and oxygen atoms in total. The molecule has 26 heavy (non-hydrogen) atoms. The Labute approximate surface area is 151 Å². The summed E-state index contributed by atoms with van der Waals surface area (Å²) in [4.78, 5) is 6.23. The first kappa shape index (κ1) is 18.2. The molecule has 3 rings (SSSR count). The molecule has 0 amide bonds. The summed E-state index contributed by atoms with van der Waals surface area (Å²) < 4.78 is 45.4. The number of hydrogen-bond donors (Lipinski definition) is 2. The maximum atomic E-state index is 13.2. The Kier molecular flexibility index (Phi) is 5.38. The van der Waals surface area contributed by atoms with Gasteiger partial charge in [0.25, 0.3) is 10.0 Å². The monoisotopic (exact) mass is 378 g/mol. The third-order valence-corrected chi connectivity index (χ3v) is 5.15. The minimum absolute atomic E-state index is 0.116. The molecule has 0 aliphatic carbocycles. The summed E-state index contributed by atoms with van der Waals surface area (Å²) in [6.45, 7) is 1.19. The van der Waals surface area contributed by atoms with Gasteiger partial charge in [-0.05, 0) is 42.0 Å². The van der Waals surface area contributed by atoms with Crippen molar-refractivity contribution >= 4 is 16.0 Å². The quantitative estimate of drug-likeness (QED) is 0.824. The zero-order valence-electron chi connectivity index (χ0n) is 14.1. The van der Waals surface area contributed by atoms with E-state index in [0.29, 0.717) is 25.6 Å². The number of guanidine groups is 1. The highest BCUT2D eigenvalue weighted by Gasteiger charge is 2.19. The van der Waals surface area contributed by atoms with E-state index in [1.165, 1.54) is 31.4 Å². The van der Waals surface area contributed by atoms with E-state index >= 15 is 0 Å². The zero-order chi connectivity index (χ0) is 18.6. The fourth-order valence-electron chi connectivity index (χ4n) is 2.47. The summed E-state index contributed by atoms with van der Waals surface area (Å²) in [5, 5.41) is 2.92. The number of hydrogen-bond acceptors (Lipinski definition) is 6. The molecule has 0 aromatic heterocycles. The van der Waals surface area contributed by atoms with Crippen LogP contribution < -0.4 is 14.8 Å². The lowest BCUT2D eigenvalue weighted by molar-refractivity contribution is 0.255. The lowest BCUT2D eigenvalue weighted by Crippen LogP contribution is -2.49. The lowest BCUT2D eigenvalue weighted by Gasteiger charge is -2.27. The van der Waals surface area contributed by atoms with Gasteiger partial charge in [0.15, 0.2) is 0 Å². The molecule has 138 valence electrons. The number of ether oxygens (including phenoxy) is 1. The summed E-state index contributed by atoms with van der Waals surface area (Å²) >= 11 is 0. The van der Waals surface area contributed by atoms with Gasteiger partial charge in [-0.3, -0.25) is 4.90 Å². The summed E-state index contributed by atoms with van der Waals surface area (Å²) in [5.74, 6) is 0.463. The Hall–Kier alpha value is -2.65. The van der Waals surface area contributed by atoms with E-state index in [1.807, 2.05) is 11.0 Å². The standard InChI is InChI=1S/C17H19FN4O3S/c1-25-15-5-7-16(8-6-15)26(23,24)21-17-19-11-22(12-20-17)10-13-3-2-4-14(18)9-13/h2-9H,10-12H2,1H3,(H2,19,20,21). The number of rotatable bonds is 5. The van der Waals surface area contributed by atoms with Crippen molar-refractivity contribution < 1.29 is 17.5 Å². The zero-order valence-corrected chi connectivity index (χ0v) is 15.0. The van der Waals surface area contributed by atoms with Crippen molar-refractivity contribution in [3.8, 4) is 5.75 Å². The van der Waals surface area contributed by atoms with Crippen molar-refractivity contribution in [1.82, 2.24) is 14.9 Å². The van der Waals surface area contributed by atoms with Gasteiger partial charge in [-0.2, -0.15) is 0 Å². The van der Waals surface area contributed by atoms with Crippen LogP contribution in [0.15, 0.2) is 58.4 Å². The largest absolute Gasteiger partial charge is 0.497 e. The molecule has 0 radical (unpaired) electrons. The number of nitrogens with zero attached hydrogens (tertiary/aromatic N) is 2. The highest BCUT2D eigenvalue weighted by atomic mass is 32.2. The number of halogens is 1. The Bertz CT molecular complexity index is 900. The van der Waals surface area contributed by atoms with Gasteiger partial charge in [-0.15, -0.1) is 0 Å². The number of sulfonamides is 1. The molecule has 2 N–H and O–H groups in total. The molecule has 0 spiro atoms. The molecule has 1 heterocycles. The molecule has 0 atom stereocenters. The molecule has 9 heteroatoms. The van der Waals surface area contributed by atoms with Crippen LogP contribution >= 0.6 is 0 Å². The molecule has 0 unspecified atom stereocenters. The van der Waals surface area contributed by atoms with E-state index in [4.69, 9.17) is 4.74 Å². The molecular formula is C17H19FN4O3S. The average Bonchev–Trinajstić information content (AvgIpc) is 2.63. The van der Waals surface area contributed by atoms with E-state index in [-0.39, 0.29) is 16.7 Å². The van der Waals surface area contributed by atoms with Gasteiger partial charge in [-0.1, -0.05) is 12.1 Å². The van der Waals surface area contributed by atoms with Crippen molar-refractivity contribution in [3.63, 3.8) is 0 Å². The smallest absolute Gasteiger partial charge is 0.264 e. The SMILES string of the molecule is COc1ccc(S(=O)(=O)NC2=NCN(Cc3cccc(F)c3)CN2)cc1. The summed E-state index contributed by atoms with van der Waals surface area (Å²) in [5.41, 5.74) is 0.823. The molecule has 0 saturated heterocycles. The molecule has 0 bridgehead atoms. The maximum absolute atomic E-state index is 13.2. The van der Waals surface area contributed by atoms with Crippen LogP contribution in [-0.4, -0.2) is 39.7 Å². The Morgan fingerprint density at radius 2 is 2.04 bits per heavy atom. The third-order valence-electron chi connectivity index (χ3n) is 3.79. The second-order valence-corrected chi connectivity index (χ2v) is 7.41. The first-order chi connectivity index (χ1) is 12.5. The Morgan fingerprint density at radius 3 is 2.65 bits per heavy atom. The van der Waals surface area contributed by atoms with Crippen LogP contribution in [0.25, 0.3) is 0 Å². The lowest BCUT2D eigenvalue weighted by atomic mass is 10.2. The minimum Gasteiger partial charge on any atom is -0.497 e. The van der Waals surface area contributed by atoms with Crippen molar-refractivity contribution in [2.45, 2.75) is 11.4 Å². The Balaban J connectivity index is 1.61. The fraction of sp³-hybridized carbons (Fsp3) is 0.235. The first-order valence-electron chi connectivity index (χ1n) is 7.88. The number of methoxy groups -OCH3 is 1. The molecular weight excluding hydrogens is 359 g/mol. The topological polar surface area (TPSA) is 83.0 Å². The van der Waals surface area contributed by atoms with E-state index in [2.05, 4.69) is 15.0 Å². The third kappa shape index (κ3) is 4.50. The number of benzene rings is 2. The van der Waals surface area contributed by atoms with Crippen LogP contribution in [0.3, 0.4) is 0 Å². The van der Waals surface area contributed by atoms with Crippen LogP contribution in [0.4, 0.5) is 4.39 Å². The van der Waals surface area contributed by atoms with Crippen molar-refractivity contribution in [3.05, 3.63) is 59.9 Å². The van der Waals surface area contributed by atoms with E-state index in [9.17, 15) is 12.8 Å². The minimum atomic E-state index is -3.73. The number of nitrogens with one attached hydrogen (secondary N) is 2. The summed E-state index contributed by atoms with van der Waals surface area (Å²) in [6.07, 6.45) is 0. The van der Waals surface area contributed by atoms with Gasteiger partial charge < -0.3 is 10.1 Å². The maximum Gasteiger partial charge on any atom is 0.264 e. The van der Waals surface area contributed by atoms with E-state index in [1.54, 1.807) is 18.2 Å². The fourth-order valence-corrected chi connectivity index (χ4v) is 3.48. The first-order valence-corrected chi connectivity index (χ1v) is 9.36. The molecule has 2 aromatic carbocycles. The highest BCUT2D eigenvalue weighted by molar-refractivity contribution is 7.90. The van der Waals surface area contributed by atoms with Gasteiger partial charge in [0.1, 0.15) is 11.6 Å². The van der Waals surface area contributed by atoms with Crippen LogP contribution in [0.5, 0.6) is 5.75 Å². The van der Waals surface area contributed by atoms with Gasteiger partial charge in [0.05, 0.1) is 25.3 Å². The molecule has 1 aliphatic heterocycles. The predicted molar refractivity (Wildman–Crippen MR) is 95.6 cm³/mol. The van der Waals surface area contributed by atoms with Crippen LogP contribution in [0, 0.1) is 5.82 Å². The van der Waals surface area contributed by atoms with Gasteiger partial charge in [-0.25, -0.2) is 22.5 Å².